The fraction of sp³-hybridized carbons (Fsp3) is 0.278. The highest BCUT2D eigenvalue weighted by Crippen LogP contribution is 2.31. The summed E-state index contributed by atoms with van der Waals surface area (Å²) in [6.07, 6.45) is 2.63. The van der Waals surface area contributed by atoms with Gasteiger partial charge in [0.15, 0.2) is 0 Å². The molecule has 0 aliphatic carbocycles. The first-order valence-electron chi connectivity index (χ1n) is 8.05. The van der Waals surface area contributed by atoms with Crippen molar-refractivity contribution in [1.82, 2.24) is 0 Å². The van der Waals surface area contributed by atoms with E-state index in [0.717, 1.165) is 12.0 Å². The number of fused-ring (bicyclic) bond motifs is 1. The van der Waals surface area contributed by atoms with Crippen LogP contribution in [0.2, 0.25) is 5.02 Å². The number of anilines is 2. The number of aryl methyl sites for hydroxylation is 1. The summed E-state index contributed by atoms with van der Waals surface area (Å²) in [6, 6.07) is 10.00. The van der Waals surface area contributed by atoms with Gasteiger partial charge in [-0.3, -0.25) is 9.10 Å². The lowest BCUT2D eigenvalue weighted by Gasteiger charge is -2.29. The third-order valence-corrected chi connectivity index (χ3v) is 5.64. The molecule has 0 bridgehead atoms. The average molecular weight is 395 g/mol. The molecule has 0 saturated heterocycles. The number of halogens is 1. The Morgan fingerprint density at radius 3 is 2.69 bits per heavy atom. The number of nitrogens with zero attached hydrogens (tertiary/aromatic N) is 1. The highest BCUT2D eigenvalue weighted by atomic mass is 35.5. The van der Waals surface area contributed by atoms with Gasteiger partial charge in [0.05, 0.1) is 24.7 Å². The van der Waals surface area contributed by atoms with Crippen LogP contribution in [0.5, 0.6) is 5.75 Å². The van der Waals surface area contributed by atoms with E-state index < -0.39 is 10.0 Å². The van der Waals surface area contributed by atoms with Gasteiger partial charge in [-0.25, -0.2) is 8.42 Å². The van der Waals surface area contributed by atoms with Crippen molar-refractivity contribution < 1.29 is 17.9 Å². The van der Waals surface area contributed by atoms with Crippen LogP contribution in [-0.2, 0) is 16.4 Å². The second-order valence-corrected chi connectivity index (χ2v) is 8.42. The fourth-order valence-corrected chi connectivity index (χ4v) is 4.19. The standard InChI is InChI=1S/C18H19ClN2O4S/c1-25-17-8-6-14(19)11-15(17)20-18(22)13-5-7-16-12(10-13)4-3-9-21(16)26(2,23)24/h5-8,10-11H,3-4,9H2,1-2H3,(H,20,22). The Balaban J connectivity index is 1.89. The van der Waals surface area contributed by atoms with Crippen molar-refractivity contribution in [2.45, 2.75) is 12.8 Å². The summed E-state index contributed by atoms with van der Waals surface area (Å²) in [5, 5.41) is 3.27. The van der Waals surface area contributed by atoms with Crippen LogP contribution in [0.1, 0.15) is 22.3 Å². The Morgan fingerprint density at radius 1 is 1.23 bits per heavy atom. The number of ether oxygens (including phenoxy) is 1. The van der Waals surface area contributed by atoms with E-state index in [1.54, 1.807) is 36.4 Å². The molecular weight excluding hydrogens is 376 g/mol. The number of benzene rings is 2. The van der Waals surface area contributed by atoms with E-state index in [1.807, 2.05) is 0 Å². The summed E-state index contributed by atoms with van der Waals surface area (Å²) in [5.41, 5.74) is 2.39. The molecule has 1 N–H and O–H groups in total. The van der Waals surface area contributed by atoms with Gasteiger partial charge in [0.1, 0.15) is 5.75 Å². The molecule has 0 saturated carbocycles. The number of carbonyl (C=O) groups is 1. The molecule has 0 unspecified atom stereocenters. The van der Waals surface area contributed by atoms with Crippen molar-refractivity contribution >= 4 is 38.9 Å². The summed E-state index contributed by atoms with van der Waals surface area (Å²) >= 11 is 5.99. The van der Waals surface area contributed by atoms with Gasteiger partial charge in [0.2, 0.25) is 10.0 Å². The normalized spacial score (nSPS) is 13.9. The van der Waals surface area contributed by atoms with E-state index in [1.165, 1.54) is 17.7 Å². The molecule has 0 aromatic heterocycles. The van der Waals surface area contributed by atoms with Crippen LogP contribution in [0.4, 0.5) is 11.4 Å². The number of nitrogens with one attached hydrogen (secondary N) is 1. The molecular formula is C18H19ClN2O4S. The monoisotopic (exact) mass is 394 g/mol. The van der Waals surface area contributed by atoms with Crippen LogP contribution >= 0.6 is 11.6 Å². The smallest absolute Gasteiger partial charge is 0.255 e. The Kier molecular flexibility index (Phi) is 5.11. The SMILES string of the molecule is COc1ccc(Cl)cc1NC(=O)c1ccc2c(c1)CCCN2S(C)(=O)=O. The van der Waals surface area contributed by atoms with Crippen LogP contribution in [0.25, 0.3) is 0 Å². The Labute approximate surface area is 157 Å². The zero-order valence-corrected chi connectivity index (χ0v) is 16.0. The minimum atomic E-state index is -3.33. The van der Waals surface area contributed by atoms with Crippen molar-refractivity contribution in [3.63, 3.8) is 0 Å². The van der Waals surface area contributed by atoms with Gasteiger partial charge >= 0.3 is 0 Å². The number of amides is 1. The maximum atomic E-state index is 12.6. The number of rotatable bonds is 4. The van der Waals surface area contributed by atoms with Gasteiger partial charge in [-0.05, 0) is 54.8 Å². The molecule has 3 rings (SSSR count). The van der Waals surface area contributed by atoms with Gasteiger partial charge in [-0.2, -0.15) is 0 Å². The van der Waals surface area contributed by atoms with E-state index >= 15 is 0 Å². The maximum Gasteiger partial charge on any atom is 0.255 e. The highest BCUT2D eigenvalue weighted by molar-refractivity contribution is 7.92. The molecule has 1 heterocycles. The molecule has 1 amide bonds. The van der Waals surface area contributed by atoms with Gasteiger partial charge in [-0.1, -0.05) is 11.6 Å². The first-order chi connectivity index (χ1) is 12.3. The first kappa shape index (κ1) is 18.5. The minimum absolute atomic E-state index is 0.315. The highest BCUT2D eigenvalue weighted by Gasteiger charge is 2.24. The Bertz CT molecular complexity index is 960. The van der Waals surface area contributed by atoms with Crippen LogP contribution in [0.3, 0.4) is 0 Å². The van der Waals surface area contributed by atoms with E-state index in [4.69, 9.17) is 16.3 Å². The van der Waals surface area contributed by atoms with Gasteiger partial charge in [-0.15, -0.1) is 0 Å². The van der Waals surface area contributed by atoms with Crippen molar-refractivity contribution in [3.05, 3.63) is 52.5 Å². The van der Waals surface area contributed by atoms with Crippen molar-refractivity contribution in [1.29, 1.82) is 0 Å². The lowest BCUT2D eigenvalue weighted by atomic mass is 10.0. The number of methoxy groups -OCH3 is 1. The summed E-state index contributed by atoms with van der Waals surface area (Å²) in [7, 11) is -1.82. The number of hydrogen-bond donors (Lipinski definition) is 1. The predicted molar refractivity (Wildman–Crippen MR) is 103 cm³/mol. The molecule has 0 atom stereocenters. The molecule has 138 valence electrons. The third kappa shape index (κ3) is 3.78. The van der Waals surface area contributed by atoms with Crippen molar-refractivity contribution in [3.8, 4) is 5.75 Å². The zero-order chi connectivity index (χ0) is 18.9. The lowest BCUT2D eigenvalue weighted by Crippen LogP contribution is -2.34. The summed E-state index contributed by atoms with van der Waals surface area (Å²) < 4.78 is 30.5. The van der Waals surface area contributed by atoms with Crippen molar-refractivity contribution in [2.75, 3.05) is 29.5 Å². The molecule has 8 heteroatoms. The second kappa shape index (κ2) is 7.17. The van der Waals surface area contributed by atoms with Gasteiger partial charge < -0.3 is 10.1 Å². The van der Waals surface area contributed by atoms with Crippen LogP contribution in [0.15, 0.2) is 36.4 Å². The molecule has 0 fully saturated rings. The molecule has 1 aliphatic heterocycles. The Hall–Kier alpha value is -2.25. The molecule has 0 radical (unpaired) electrons. The Morgan fingerprint density at radius 2 is 2.00 bits per heavy atom. The van der Waals surface area contributed by atoms with E-state index in [2.05, 4.69) is 5.32 Å². The van der Waals surface area contributed by atoms with Crippen LogP contribution in [-0.4, -0.2) is 34.2 Å². The lowest BCUT2D eigenvalue weighted by molar-refractivity contribution is 0.102. The second-order valence-electron chi connectivity index (χ2n) is 6.08. The summed E-state index contributed by atoms with van der Waals surface area (Å²) in [5.74, 6) is 0.189. The van der Waals surface area contributed by atoms with E-state index in [-0.39, 0.29) is 5.91 Å². The molecule has 2 aromatic rings. The minimum Gasteiger partial charge on any atom is -0.495 e. The summed E-state index contributed by atoms with van der Waals surface area (Å²) in [4.78, 5) is 12.6. The molecule has 0 spiro atoms. The molecule has 2 aromatic carbocycles. The average Bonchev–Trinajstić information content (AvgIpc) is 2.60. The quantitative estimate of drug-likeness (QED) is 0.863. The van der Waals surface area contributed by atoms with Gasteiger partial charge in [0.25, 0.3) is 5.91 Å². The van der Waals surface area contributed by atoms with Gasteiger partial charge in [0, 0.05) is 17.1 Å². The number of hydrogen-bond acceptors (Lipinski definition) is 4. The summed E-state index contributed by atoms with van der Waals surface area (Å²) in [6.45, 7) is 0.455. The third-order valence-electron chi connectivity index (χ3n) is 4.23. The molecule has 1 aliphatic rings. The maximum absolute atomic E-state index is 12.6. The van der Waals surface area contributed by atoms with Crippen LogP contribution in [0, 0.1) is 0 Å². The number of sulfonamides is 1. The zero-order valence-electron chi connectivity index (χ0n) is 14.5. The van der Waals surface area contributed by atoms with Crippen LogP contribution < -0.4 is 14.4 Å². The predicted octanol–water partition coefficient (Wildman–Crippen LogP) is 3.31. The largest absolute Gasteiger partial charge is 0.495 e. The first-order valence-corrected chi connectivity index (χ1v) is 10.3. The number of carbonyl (C=O) groups excluding carboxylic acids is 1. The van der Waals surface area contributed by atoms with E-state index in [0.29, 0.717) is 40.7 Å². The van der Waals surface area contributed by atoms with E-state index in [9.17, 15) is 13.2 Å². The molecule has 26 heavy (non-hydrogen) atoms. The molecule has 6 nitrogen and oxygen atoms in total. The topological polar surface area (TPSA) is 75.7 Å². The van der Waals surface area contributed by atoms with Crippen molar-refractivity contribution in [2.24, 2.45) is 0 Å². The fourth-order valence-electron chi connectivity index (χ4n) is 3.02.